The second-order valence-electron chi connectivity index (χ2n) is 4.89. The van der Waals surface area contributed by atoms with Crippen LogP contribution in [0.4, 0.5) is 0 Å². The molecular weight excluding hydrogens is 268 g/mol. The SMILES string of the molecule is Cc1c(O)c(CO)cc2c(-c3ccccc3)cc(=O)oc12. The standard InChI is InChI=1S/C17H14O4/c1-10-16(20)12(9-18)7-14-13(8-15(19)21-17(10)14)11-5-3-2-4-6-11/h2-8,18,20H,9H2,1H3. The van der Waals surface area contributed by atoms with Gasteiger partial charge < -0.3 is 14.6 Å². The van der Waals surface area contributed by atoms with Crippen molar-refractivity contribution in [1.82, 2.24) is 0 Å². The molecule has 1 aromatic heterocycles. The number of aliphatic hydroxyl groups excluding tert-OH is 1. The number of benzene rings is 2. The summed E-state index contributed by atoms with van der Waals surface area (Å²) in [6.45, 7) is 1.38. The van der Waals surface area contributed by atoms with Gasteiger partial charge in [0.2, 0.25) is 0 Å². The summed E-state index contributed by atoms with van der Waals surface area (Å²) in [5.74, 6) is -0.0432. The number of aryl methyl sites for hydroxylation is 1. The van der Waals surface area contributed by atoms with Gasteiger partial charge in [-0.25, -0.2) is 4.79 Å². The van der Waals surface area contributed by atoms with Crippen LogP contribution in [-0.4, -0.2) is 10.2 Å². The minimum atomic E-state index is -0.472. The number of hydrogen-bond donors (Lipinski definition) is 2. The zero-order valence-corrected chi connectivity index (χ0v) is 11.5. The average molecular weight is 282 g/mol. The van der Waals surface area contributed by atoms with Crippen molar-refractivity contribution in [1.29, 1.82) is 0 Å². The highest BCUT2D eigenvalue weighted by molar-refractivity contribution is 5.96. The third kappa shape index (κ3) is 2.19. The summed E-state index contributed by atoms with van der Waals surface area (Å²) in [5.41, 5.74) is 2.33. The minimum Gasteiger partial charge on any atom is -0.507 e. The quantitative estimate of drug-likeness (QED) is 0.709. The maximum atomic E-state index is 11.8. The zero-order valence-electron chi connectivity index (χ0n) is 11.5. The Morgan fingerprint density at radius 1 is 1.14 bits per heavy atom. The number of hydrogen-bond acceptors (Lipinski definition) is 4. The van der Waals surface area contributed by atoms with Crippen LogP contribution in [0.15, 0.2) is 51.7 Å². The second-order valence-corrected chi connectivity index (χ2v) is 4.89. The molecule has 0 unspecified atom stereocenters. The van der Waals surface area contributed by atoms with E-state index in [9.17, 15) is 15.0 Å². The lowest BCUT2D eigenvalue weighted by atomic mass is 9.98. The molecule has 0 fully saturated rings. The monoisotopic (exact) mass is 282 g/mol. The Hall–Kier alpha value is -2.59. The zero-order chi connectivity index (χ0) is 15.0. The van der Waals surface area contributed by atoms with E-state index in [2.05, 4.69) is 0 Å². The van der Waals surface area contributed by atoms with Crippen LogP contribution >= 0.6 is 0 Å². The van der Waals surface area contributed by atoms with E-state index in [4.69, 9.17) is 4.42 Å². The molecule has 1 heterocycles. The number of phenols is 1. The first-order valence-electron chi connectivity index (χ1n) is 6.57. The van der Waals surface area contributed by atoms with Crippen LogP contribution in [0, 0.1) is 6.92 Å². The third-order valence-electron chi connectivity index (χ3n) is 3.57. The summed E-state index contributed by atoms with van der Waals surface area (Å²) in [6.07, 6.45) is 0. The molecule has 0 aliphatic carbocycles. The van der Waals surface area contributed by atoms with Crippen LogP contribution in [0.3, 0.4) is 0 Å². The Morgan fingerprint density at radius 2 is 1.86 bits per heavy atom. The largest absolute Gasteiger partial charge is 0.507 e. The average Bonchev–Trinajstić information content (AvgIpc) is 2.51. The van der Waals surface area contributed by atoms with Gasteiger partial charge in [-0.2, -0.15) is 0 Å². The molecule has 3 aromatic rings. The highest BCUT2D eigenvalue weighted by atomic mass is 16.4. The maximum Gasteiger partial charge on any atom is 0.336 e. The smallest absolute Gasteiger partial charge is 0.336 e. The molecule has 21 heavy (non-hydrogen) atoms. The van der Waals surface area contributed by atoms with Gasteiger partial charge in [-0.3, -0.25) is 0 Å². The molecular formula is C17H14O4. The van der Waals surface area contributed by atoms with Gasteiger partial charge in [0.25, 0.3) is 0 Å². The predicted molar refractivity (Wildman–Crippen MR) is 80.2 cm³/mol. The summed E-state index contributed by atoms with van der Waals surface area (Å²) < 4.78 is 5.24. The van der Waals surface area contributed by atoms with Crippen molar-refractivity contribution >= 4 is 11.0 Å². The summed E-state index contributed by atoms with van der Waals surface area (Å²) in [5, 5.41) is 20.1. The predicted octanol–water partition coefficient (Wildman–Crippen LogP) is 2.97. The molecule has 106 valence electrons. The first-order valence-corrected chi connectivity index (χ1v) is 6.57. The molecule has 4 heteroatoms. The lowest BCUT2D eigenvalue weighted by Gasteiger charge is -2.11. The van der Waals surface area contributed by atoms with E-state index >= 15 is 0 Å². The molecule has 4 nitrogen and oxygen atoms in total. The molecule has 0 amide bonds. The Labute approximate surface area is 120 Å². The van der Waals surface area contributed by atoms with Gasteiger partial charge in [0.05, 0.1) is 6.61 Å². The fourth-order valence-electron chi connectivity index (χ4n) is 2.49. The van der Waals surface area contributed by atoms with Gasteiger partial charge in [0.15, 0.2) is 0 Å². The van der Waals surface area contributed by atoms with Gasteiger partial charge in [-0.05, 0) is 24.1 Å². The van der Waals surface area contributed by atoms with Crippen LogP contribution < -0.4 is 5.63 Å². The lowest BCUT2D eigenvalue weighted by Crippen LogP contribution is -2.00. The van der Waals surface area contributed by atoms with Gasteiger partial charge in [0, 0.05) is 22.6 Å². The Morgan fingerprint density at radius 3 is 2.52 bits per heavy atom. The van der Waals surface area contributed by atoms with Gasteiger partial charge >= 0.3 is 5.63 Å². The molecule has 0 spiro atoms. The molecule has 0 atom stereocenters. The molecule has 0 saturated heterocycles. The molecule has 3 rings (SSSR count). The van der Waals surface area contributed by atoms with Gasteiger partial charge in [0.1, 0.15) is 11.3 Å². The van der Waals surface area contributed by atoms with Gasteiger partial charge in [-0.1, -0.05) is 30.3 Å². The summed E-state index contributed by atoms with van der Waals surface area (Å²) in [6, 6.07) is 12.5. The molecule has 0 aliphatic rings. The summed E-state index contributed by atoms with van der Waals surface area (Å²) in [4.78, 5) is 11.8. The van der Waals surface area contributed by atoms with Crippen LogP contribution in [0.2, 0.25) is 0 Å². The Balaban J connectivity index is 2.45. The van der Waals surface area contributed by atoms with E-state index in [0.717, 1.165) is 11.1 Å². The van der Waals surface area contributed by atoms with Crippen LogP contribution in [0.1, 0.15) is 11.1 Å². The van der Waals surface area contributed by atoms with Gasteiger partial charge in [-0.15, -0.1) is 0 Å². The first-order chi connectivity index (χ1) is 10.1. The number of aromatic hydroxyl groups is 1. The van der Waals surface area contributed by atoms with Crippen molar-refractivity contribution in [2.24, 2.45) is 0 Å². The minimum absolute atomic E-state index is 0.0432. The number of rotatable bonds is 2. The number of fused-ring (bicyclic) bond motifs is 1. The van der Waals surface area contributed by atoms with E-state index in [0.29, 0.717) is 22.1 Å². The van der Waals surface area contributed by atoms with Crippen molar-refractivity contribution in [3.05, 3.63) is 64.0 Å². The lowest BCUT2D eigenvalue weighted by molar-refractivity contribution is 0.275. The Kier molecular flexibility index (Phi) is 3.23. The second kappa shape index (κ2) is 5.07. The van der Waals surface area contributed by atoms with E-state index in [-0.39, 0.29) is 12.4 Å². The van der Waals surface area contributed by atoms with E-state index in [1.807, 2.05) is 30.3 Å². The van der Waals surface area contributed by atoms with Crippen LogP contribution in [-0.2, 0) is 6.61 Å². The molecule has 2 N–H and O–H groups in total. The Bertz CT molecular complexity index is 863. The van der Waals surface area contributed by atoms with Crippen molar-refractivity contribution in [2.45, 2.75) is 13.5 Å². The van der Waals surface area contributed by atoms with Crippen molar-refractivity contribution in [3.8, 4) is 16.9 Å². The maximum absolute atomic E-state index is 11.8. The molecule has 0 aliphatic heterocycles. The molecule has 0 radical (unpaired) electrons. The van der Waals surface area contributed by atoms with Crippen LogP contribution in [0.25, 0.3) is 22.1 Å². The van der Waals surface area contributed by atoms with E-state index < -0.39 is 5.63 Å². The fraction of sp³-hybridized carbons (Fsp3) is 0.118. The molecule has 0 saturated carbocycles. The highest BCUT2D eigenvalue weighted by Gasteiger charge is 2.15. The third-order valence-corrected chi connectivity index (χ3v) is 3.57. The van der Waals surface area contributed by atoms with E-state index in [1.54, 1.807) is 13.0 Å². The normalized spacial score (nSPS) is 11.0. The molecule has 2 aromatic carbocycles. The van der Waals surface area contributed by atoms with E-state index in [1.165, 1.54) is 6.07 Å². The first kappa shape index (κ1) is 13.4. The molecule has 0 bridgehead atoms. The highest BCUT2D eigenvalue weighted by Crippen LogP contribution is 2.35. The fourth-order valence-corrected chi connectivity index (χ4v) is 2.49. The number of aliphatic hydroxyl groups is 1. The topological polar surface area (TPSA) is 70.7 Å². The van der Waals surface area contributed by atoms with Crippen LogP contribution in [0.5, 0.6) is 5.75 Å². The van der Waals surface area contributed by atoms with Crippen molar-refractivity contribution in [3.63, 3.8) is 0 Å². The summed E-state index contributed by atoms with van der Waals surface area (Å²) >= 11 is 0. The van der Waals surface area contributed by atoms with Crippen molar-refractivity contribution < 1.29 is 14.6 Å². The summed E-state index contributed by atoms with van der Waals surface area (Å²) in [7, 11) is 0. The van der Waals surface area contributed by atoms with Crippen molar-refractivity contribution in [2.75, 3.05) is 0 Å².